The first kappa shape index (κ1) is 14.7. The van der Waals surface area contributed by atoms with Crippen LogP contribution in [0, 0.1) is 5.92 Å². The largest absolute Gasteiger partial charge is 0.379 e. The van der Waals surface area contributed by atoms with E-state index >= 15 is 0 Å². The van der Waals surface area contributed by atoms with Gasteiger partial charge in [0.25, 0.3) is 0 Å². The summed E-state index contributed by atoms with van der Waals surface area (Å²) in [4.78, 5) is 6.83. The summed E-state index contributed by atoms with van der Waals surface area (Å²) < 4.78 is 5.41. The van der Waals surface area contributed by atoms with Crippen LogP contribution in [0.3, 0.4) is 0 Å². The van der Waals surface area contributed by atoms with E-state index < -0.39 is 0 Å². The highest BCUT2D eigenvalue weighted by Crippen LogP contribution is 2.33. The lowest BCUT2D eigenvalue weighted by molar-refractivity contribution is 0.0358. The summed E-state index contributed by atoms with van der Waals surface area (Å²) in [6.45, 7) is 7.52. The fraction of sp³-hybridized carbons (Fsp3) is 0.812. The van der Waals surface area contributed by atoms with Crippen molar-refractivity contribution in [1.29, 1.82) is 0 Å². The lowest BCUT2D eigenvalue weighted by atomic mass is 9.80. The number of hydrogen-bond acceptors (Lipinski definition) is 3. The highest BCUT2D eigenvalue weighted by Gasteiger charge is 2.22. The van der Waals surface area contributed by atoms with Gasteiger partial charge in [0, 0.05) is 26.4 Å². The van der Waals surface area contributed by atoms with Crippen LogP contribution in [0.15, 0.2) is 16.1 Å². The first-order valence-corrected chi connectivity index (χ1v) is 7.79. The molecule has 0 aromatic rings. The molecule has 1 atom stereocenters. The summed E-state index contributed by atoms with van der Waals surface area (Å²) in [6, 6.07) is 0. The van der Waals surface area contributed by atoms with Crippen LogP contribution in [0.1, 0.15) is 39.0 Å². The van der Waals surface area contributed by atoms with Gasteiger partial charge in [-0.15, -0.1) is 0 Å². The molecule has 0 N–H and O–H groups in total. The van der Waals surface area contributed by atoms with Crippen LogP contribution in [0.4, 0.5) is 0 Å². The van der Waals surface area contributed by atoms with Gasteiger partial charge in [0.1, 0.15) is 0 Å². The molecule has 3 nitrogen and oxygen atoms in total. The van der Waals surface area contributed by atoms with Crippen LogP contribution >= 0.6 is 0 Å². The third-order valence-corrected chi connectivity index (χ3v) is 4.47. The maximum absolute atomic E-state index is 5.41. The topological polar surface area (TPSA) is 24.8 Å². The Morgan fingerprint density at radius 1 is 1.37 bits per heavy atom. The summed E-state index contributed by atoms with van der Waals surface area (Å²) in [5.41, 5.74) is 3.19. The number of rotatable bonds is 5. The van der Waals surface area contributed by atoms with E-state index in [2.05, 4.69) is 23.0 Å². The highest BCUT2D eigenvalue weighted by molar-refractivity contribution is 5.80. The summed E-state index contributed by atoms with van der Waals surface area (Å²) in [5.74, 6) is 0.732. The van der Waals surface area contributed by atoms with Crippen molar-refractivity contribution >= 4 is 6.21 Å². The zero-order chi connectivity index (χ0) is 13.5. The van der Waals surface area contributed by atoms with Gasteiger partial charge in [0.2, 0.25) is 0 Å². The third-order valence-electron chi connectivity index (χ3n) is 4.47. The van der Waals surface area contributed by atoms with Crippen molar-refractivity contribution in [3.63, 3.8) is 0 Å². The van der Waals surface area contributed by atoms with Crippen molar-refractivity contribution in [3.8, 4) is 0 Å². The second-order valence-electron chi connectivity index (χ2n) is 5.63. The average Bonchev–Trinajstić information content (AvgIpc) is 2.47. The quantitative estimate of drug-likeness (QED) is 0.713. The lowest BCUT2D eigenvalue weighted by Gasteiger charge is -2.31. The molecule has 0 aromatic carbocycles. The summed E-state index contributed by atoms with van der Waals surface area (Å²) in [5, 5.41) is 0. The molecule has 0 bridgehead atoms. The van der Waals surface area contributed by atoms with Gasteiger partial charge in [-0.2, -0.15) is 0 Å². The Balaban J connectivity index is 1.93. The molecule has 1 unspecified atom stereocenters. The fourth-order valence-electron chi connectivity index (χ4n) is 3.33. The monoisotopic (exact) mass is 264 g/mol. The Labute approximate surface area is 117 Å². The molecule has 3 heteroatoms. The fourth-order valence-corrected chi connectivity index (χ4v) is 3.33. The van der Waals surface area contributed by atoms with E-state index in [1.807, 2.05) is 7.05 Å². The van der Waals surface area contributed by atoms with Gasteiger partial charge in [-0.3, -0.25) is 9.89 Å². The standard InChI is InChI=1S/C16H28N2O/c1-3-14-5-4-6-15(16(14)13-17-2)7-8-18-9-11-19-12-10-18/h13,15H,3-12H2,1-2H3. The van der Waals surface area contributed by atoms with E-state index in [1.165, 1.54) is 38.6 Å². The summed E-state index contributed by atoms with van der Waals surface area (Å²) >= 11 is 0. The second-order valence-corrected chi connectivity index (χ2v) is 5.63. The molecule has 0 aromatic heterocycles. The molecule has 1 heterocycles. The highest BCUT2D eigenvalue weighted by atomic mass is 16.5. The minimum atomic E-state index is 0.732. The van der Waals surface area contributed by atoms with Gasteiger partial charge in [-0.05, 0) is 50.1 Å². The van der Waals surface area contributed by atoms with E-state index in [4.69, 9.17) is 4.74 Å². The number of hydrogen-bond donors (Lipinski definition) is 0. The third kappa shape index (κ3) is 4.15. The van der Waals surface area contributed by atoms with Gasteiger partial charge in [0.15, 0.2) is 0 Å². The van der Waals surface area contributed by atoms with Crippen molar-refractivity contribution in [2.24, 2.45) is 10.9 Å². The van der Waals surface area contributed by atoms with Crippen LogP contribution in [-0.4, -0.2) is 51.0 Å². The van der Waals surface area contributed by atoms with Crippen molar-refractivity contribution in [2.45, 2.75) is 39.0 Å². The van der Waals surface area contributed by atoms with E-state index in [9.17, 15) is 0 Å². The molecule has 1 aliphatic carbocycles. The smallest absolute Gasteiger partial charge is 0.0594 e. The van der Waals surface area contributed by atoms with Crippen LogP contribution < -0.4 is 0 Å². The number of ether oxygens (including phenoxy) is 1. The molecule has 1 aliphatic heterocycles. The maximum Gasteiger partial charge on any atom is 0.0594 e. The molecular weight excluding hydrogens is 236 g/mol. The summed E-state index contributed by atoms with van der Waals surface area (Å²) in [7, 11) is 1.90. The van der Waals surface area contributed by atoms with E-state index in [0.29, 0.717) is 0 Å². The minimum absolute atomic E-state index is 0.732. The normalized spacial score (nSPS) is 26.3. The Morgan fingerprint density at radius 2 is 2.16 bits per heavy atom. The Morgan fingerprint density at radius 3 is 2.84 bits per heavy atom. The Bertz CT molecular complexity index is 330. The maximum atomic E-state index is 5.41. The first-order valence-electron chi connectivity index (χ1n) is 7.79. The molecule has 1 fully saturated rings. The number of morpholine rings is 1. The van der Waals surface area contributed by atoms with Gasteiger partial charge < -0.3 is 4.74 Å². The number of allylic oxidation sites excluding steroid dienone is 2. The molecule has 19 heavy (non-hydrogen) atoms. The van der Waals surface area contributed by atoms with Gasteiger partial charge >= 0.3 is 0 Å². The van der Waals surface area contributed by atoms with Crippen LogP contribution in [-0.2, 0) is 4.74 Å². The Hall–Kier alpha value is -0.670. The van der Waals surface area contributed by atoms with Crippen LogP contribution in [0.5, 0.6) is 0 Å². The van der Waals surface area contributed by atoms with Crippen molar-refractivity contribution in [1.82, 2.24) is 4.90 Å². The second kappa shape index (κ2) is 7.81. The van der Waals surface area contributed by atoms with Crippen molar-refractivity contribution in [2.75, 3.05) is 39.9 Å². The molecule has 2 aliphatic rings. The number of nitrogens with zero attached hydrogens (tertiary/aromatic N) is 2. The van der Waals surface area contributed by atoms with Gasteiger partial charge in [-0.1, -0.05) is 12.5 Å². The minimum Gasteiger partial charge on any atom is -0.379 e. The van der Waals surface area contributed by atoms with Crippen molar-refractivity contribution < 1.29 is 4.74 Å². The zero-order valence-corrected chi connectivity index (χ0v) is 12.5. The molecule has 0 amide bonds. The Kier molecular flexibility index (Phi) is 6.05. The van der Waals surface area contributed by atoms with Gasteiger partial charge in [-0.25, -0.2) is 0 Å². The molecule has 1 saturated heterocycles. The molecular formula is C16H28N2O. The molecule has 0 spiro atoms. The lowest BCUT2D eigenvalue weighted by Crippen LogP contribution is -2.37. The average molecular weight is 264 g/mol. The van der Waals surface area contributed by atoms with Crippen molar-refractivity contribution in [3.05, 3.63) is 11.1 Å². The number of aliphatic imine (C=N–C) groups is 1. The molecule has 2 rings (SSSR count). The summed E-state index contributed by atoms with van der Waals surface area (Å²) in [6.07, 6.45) is 8.58. The predicted molar refractivity (Wildman–Crippen MR) is 81.0 cm³/mol. The van der Waals surface area contributed by atoms with Gasteiger partial charge in [0.05, 0.1) is 13.2 Å². The zero-order valence-electron chi connectivity index (χ0n) is 12.5. The van der Waals surface area contributed by atoms with E-state index in [-0.39, 0.29) is 0 Å². The van der Waals surface area contributed by atoms with Crippen LogP contribution in [0.2, 0.25) is 0 Å². The molecule has 0 radical (unpaired) electrons. The van der Waals surface area contributed by atoms with Crippen LogP contribution in [0.25, 0.3) is 0 Å². The first-order chi connectivity index (χ1) is 9.35. The molecule has 108 valence electrons. The van der Waals surface area contributed by atoms with E-state index in [1.54, 1.807) is 11.1 Å². The molecule has 0 saturated carbocycles. The van der Waals surface area contributed by atoms with E-state index in [0.717, 1.165) is 32.2 Å². The SMILES string of the molecule is CCC1=C(C=NC)C(CCN2CCOCC2)CCC1. The predicted octanol–water partition coefficient (Wildman–Crippen LogP) is 2.92.